The van der Waals surface area contributed by atoms with Crippen LogP contribution in [0.1, 0.15) is 11.1 Å². The number of ether oxygens (including phenoxy) is 2. The van der Waals surface area contributed by atoms with Gasteiger partial charge in [0.05, 0.1) is 14.2 Å². The van der Waals surface area contributed by atoms with Gasteiger partial charge in [0.1, 0.15) is 0 Å². The van der Waals surface area contributed by atoms with Crippen molar-refractivity contribution in [3.8, 4) is 11.5 Å². The number of nitrogens with zero attached hydrogens (tertiary/aromatic N) is 1. The largest absolute Gasteiger partial charge is 0.493 e. The van der Waals surface area contributed by atoms with E-state index in [-0.39, 0.29) is 6.03 Å². The normalized spacial score (nSPS) is 10.1. The molecule has 0 aliphatic carbocycles. The van der Waals surface area contributed by atoms with Crippen molar-refractivity contribution in [3.05, 3.63) is 59.7 Å². The summed E-state index contributed by atoms with van der Waals surface area (Å²) in [5.41, 5.74) is 2.19. The zero-order valence-corrected chi connectivity index (χ0v) is 14.4. The van der Waals surface area contributed by atoms with E-state index in [1.54, 1.807) is 26.2 Å². The maximum Gasteiger partial charge on any atom is 0.317 e. The fourth-order valence-electron chi connectivity index (χ4n) is 2.42. The molecular formula is C19H24N2O3. The summed E-state index contributed by atoms with van der Waals surface area (Å²) in [4.78, 5) is 13.8. The Hall–Kier alpha value is -2.69. The Morgan fingerprint density at radius 1 is 1.00 bits per heavy atom. The number of rotatable bonds is 7. The molecule has 2 aromatic rings. The molecule has 2 amide bonds. The molecule has 0 saturated heterocycles. The fourth-order valence-corrected chi connectivity index (χ4v) is 2.42. The van der Waals surface area contributed by atoms with Crippen LogP contribution < -0.4 is 14.8 Å². The van der Waals surface area contributed by atoms with Crippen LogP contribution >= 0.6 is 0 Å². The van der Waals surface area contributed by atoms with Crippen LogP contribution in [0.5, 0.6) is 11.5 Å². The minimum Gasteiger partial charge on any atom is -0.493 e. The number of urea groups is 1. The third kappa shape index (κ3) is 4.91. The van der Waals surface area contributed by atoms with Gasteiger partial charge < -0.3 is 19.7 Å². The summed E-state index contributed by atoms with van der Waals surface area (Å²) >= 11 is 0. The Morgan fingerprint density at radius 3 is 2.38 bits per heavy atom. The Morgan fingerprint density at radius 2 is 1.71 bits per heavy atom. The summed E-state index contributed by atoms with van der Waals surface area (Å²) in [6.07, 6.45) is 0.816. The number of carbonyl (C=O) groups is 1. The molecule has 2 aromatic carbocycles. The average molecular weight is 328 g/mol. The Bertz CT molecular complexity index is 659. The molecule has 0 aliphatic rings. The van der Waals surface area contributed by atoms with Crippen molar-refractivity contribution in [2.75, 3.05) is 27.8 Å². The number of amides is 2. The lowest BCUT2D eigenvalue weighted by Crippen LogP contribution is -2.37. The predicted octanol–water partition coefficient (Wildman–Crippen LogP) is 3.09. The minimum atomic E-state index is -0.0966. The molecule has 0 spiro atoms. The van der Waals surface area contributed by atoms with E-state index in [0.717, 1.165) is 12.0 Å². The molecule has 0 fully saturated rings. The molecule has 0 unspecified atom stereocenters. The first-order valence-electron chi connectivity index (χ1n) is 7.88. The van der Waals surface area contributed by atoms with Crippen LogP contribution in [0.3, 0.4) is 0 Å². The monoisotopic (exact) mass is 328 g/mol. The van der Waals surface area contributed by atoms with E-state index in [9.17, 15) is 4.79 Å². The van der Waals surface area contributed by atoms with Crippen LogP contribution in [0.4, 0.5) is 4.79 Å². The second-order valence-electron chi connectivity index (χ2n) is 5.51. The highest BCUT2D eigenvalue weighted by Crippen LogP contribution is 2.27. The third-order valence-corrected chi connectivity index (χ3v) is 3.75. The van der Waals surface area contributed by atoms with Gasteiger partial charge in [0.2, 0.25) is 0 Å². The van der Waals surface area contributed by atoms with Gasteiger partial charge >= 0.3 is 6.03 Å². The van der Waals surface area contributed by atoms with Crippen molar-refractivity contribution in [2.45, 2.75) is 13.0 Å². The first-order chi connectivity index (χ1) is 11.6. The number of carbonyl (C=O) groups excluding carboxylic acids is 1. The fraction of sp³-hybridized carbons (Fsp3) is 0.316. The first kappa shape index (κ1) is 17.7. The van der Waals surface area contributed by atoms with Gasteiger partial charge in [0, 0.05) is 20.1 Å². The lowest BCUT2D eigenvalue weighted by Gasteiger charge is -2.19. The number of nitrogens with one attached hydrogen (secondary N) is 1. The van der Waals surface area contributed by atoms with E-state index >= 15 is 0 Å². The second kappa shape index (κ2) is 8.82. The van der Waals surface area contributed by atoms with Crippen LogP contribution in [-0.2, 0) is 13.0 Å². The second-order valence-corrected chi connectivity index (χ2v) is 5.51. The van der Waals surface area contributed by atoms with E-state index in [0.29, 0.717) is 24.6 Å². The summed E-state index contributed by atoms with van der Waals surface area (Å²) in [7, 11) is 4.97. The Kier molecular flexibility index (Phi) is 6.49. The van der Waals surface area contributed by atoms with Crippen molar-refractivity contribution in [1.82, 2.24) is 10.2 Å². The lowest BCUT2D eigenvalue weighted by atomic mass is 10.1. The molecule has 24 heavy (non-hydrogen) atoms. The molecule has 1 N–H and O–H groups in total. The number of methoxy groups -OCH3 is 2. The number of hydrogen-bond acceptors (Lipinski definition) is 3. The van der Waals surface area contributed by atoms with Crippen molar-refractivity contribution in [3.63, 3.8) is 0 Å². The maximum absolute atomic E-state index is 12.2. The number of benzene rings is 2. The lowest BCUT2D eigenvalue weighted by molar-refractivity contribution is 0.207. The first-order valence-corrected chi connectivity index (χ1v) is 7.88. The summed E-state index contributed by atoms with van der Waals surface area (Å²) in [5.74, 6) is 1.34. The molecule has 0 radical (unpaired) electrons. The van der Waals surface area contributed by atoms with Crippen molar-refractivity contribution < 1.29 is 14.3 Å². The predicted molar refractivity (Wildman–Crippen MR) is 94.6 cm³/mol. The number of hydrogen-bond donors (Lipinski definition) is 1. The quantitative estimate of drug-likeness (QED) is 0.850. The molecule has 0 aromatic heterocycles. The molecule has 0 atom stereocenters. The standard InChI is InChI=1S/C19H24N2O3/c1-21(14-16-9-10-17(23-2)18(13-16)24-3)19(22)20-12-11-15-7-5-4-6-8-15/h4-10,13H,11-12,14H2,1-3H3,(H,20,22). The molecule has 0 heterocycles. The highest BCUT2D eigenvalue weighted by molar-refractivity contribution is 5.73. The van der Waals surface area contributed by atoms with Gasteiger partial charge in [-0.1, -0.05) is 36.4 Å². The van der Waals surface area contributed by atoms with Gasteiger partial charge in [-0.25, -0.2) is 4.79 Å². The Labute approximate surface area is 143 Å². The highest BCUT2D eigenvalue weighted by atomic mass is 16.5. The van der Waals surface area contributed by atoms with Gasteiger partial charge in [0.15, 0.2) is 11.5 Å². The topological polar surface area (TPSA) is 50.8 Å². The average Bonchev–Trinajstić information content (AvgIpc) is 2.62. The molecular weight excluding hydrogens is 304 g/mol. The maximum atomic E-state index is 12.2. The van der Waals surface area contributed by atoms with E-state index in [2.05, 4.69) is 17.4 Å². The van der Waals surface area contributed by atoms with Crippen LogP contribution in [0.15, 0.2) is 48.5 Å². The van der Waals surface area contributed by atoms with Crippen molar-refractivity contribution >= 4 is 6.03 Å². The molecule has 5 nitrogen and oxygen atoms in total. The molecule has 2 rings (SSSR count). The van der Waals surface area contributed by atoms with Gasteiger partial charge in [0.25, 0.3) is 0 Å². The van der Waals surface area contributed by atoms with Gasteiger partial charge in [-0.05, 0) is 29.7 Å². The van der Waals surface area contributed by atoms with E-state index < -0.39 is 0 Å². The Balaban J connectivity index is 1.85. The SMILES string of the molecule is COc1ccc(CN(C)C(=O)NCCc2ccccc2)cc1OC. The van der Waals surface area contributed by atoms with Gasteiger partial charge in [-0.15, -0.1) is 0 Å². The zero-order valence-electron chi connectivity index (χ0n) is 14.4. The van der Waals surface area contributed by atoms with Crippen molar-refractivity contribution in [1.29, 1.82) is 0 Å². The van der Waals surface area contributed by atoms with E-state index in [4.69, 9.17) is 9.47 Å². The van der Waals surface area contributed by atoms with E-state index in [1.165, 1.54) is 5.56 Å². The molecule has 128 valence electrons. The summed E-state index contributed by atoms with van der Waals surface area (Å²) in [6, 6.07) is 15.6. The zero-order chi connectivity index (χ0) is 17.4. The van der Waals surface area contributed by atoms with Gasteiger partial charge in [-0.3, -0.25) is 0 Å². The molecule has 5 heteroatoms. The van der Waals surface area contributed by atoms with Crippen molar-refractivity contribution in [2.24, 2.45) is 0 Å². The summed E-state index contributed by atoms with van der Waals surface area (Å²) < 4.78 is 10.5. The van der Waals surface area contributed by atoms with Crippen LogP contribution in [0.2, 0.25) is 0 Å². The van der Waals surface area contributed by atoms with Crippen LogP contribution in [-0.4, -0.2) is 38.7 Å². The van der Waals surface area contributed by atoms with Crippen LogP contribution in [0, 0.1) is 0 Å². The molecule has 0 saturated carbocycles. The van der Waals surface area contributed by atoms with Crippen LogP contribution in [0.25, 0.3) is 0 Å². The van der Waals surface area contributed by atoms with Gasteiger partial charge in [-0.2, -0.15) is 0 Å². The summed E-state index contributed by atoms with van der Waals surface area (Å²) in [6.45, 7) is 1.11. The third-order valence-electron chi connectivity index (χ3n) is 3.75. The smallest absolute Gasteiger partial charge is 0.317 e. The minimum absolute atomic E-state index is 0.0966. The molecule has 0 bridgehead atoms. The molecule has 0 aliphatic heterocycles. The summed E-state index contributed by atoms with van der Waals surface area (Å²) in [5, 5.41) is 2.93. The van der Waals surface area contributed by atoms with E-state index in [1.807, 2.05) is 36.4 Å². The highest BCUT2D eigenvalue weighted by Gasteiger charge is 2.11.